The van der Waals surface area contributed by atoms with Gasteiger partial charge >= 0.3 is 0 Å². The second-order valence-corrected chi connectivity index (χ2v) is 7.65. The van der Waals surface area contributed by atoms with Crippen LogP contribution in [0.1, 0.15) is 84.0 Å². The monoisotopic (exact) mass is 324 g/mol. The number of hydrogen-bond donors (Lipinski definition) is 0. The molecule has 0 bridgehead atoms. The number of halogens is 1. The molecule has 2 saturated carbocycles. The van der Waals surface area contributed by atoms with E-state index in [1.165, 1.54) is 64.2 Å². The molecule has 2 aliphatic carbocycles. The van der Waals surface area contributed by atoms with Crippen LogP contribution in [0.4, 0.5) is 4.39 Å². The Balaban J connectivity index is 1.55. The molecule has 0 aromatic heterocycles. The molecule has 0 aliphatic heterocycles. The van der Waals surface area contributed by atoms with Gasteiger partial charge in [0.15, 0.2) is 0 Å². The molecule has 0 atom stereocenters. The van der Waals surface area contributed by atoms with Crippen molar-refractivity contribution in [1.29, 1.82) is 0 Å². The van der Waals surface area contributed by atoms with Crippen LogP contribution >= 0.6 is 0 Å². The number of ether oxygens (including phenoxy) is 1. The zero-order valence-corrected chi connectivity index (χ0v) is 15.1. The minimum atomic E-state index is -0.215. The smallest absolute Gasteiger partial charge is 0.0928 e. The molecule has 0 radical (unpaired) electrons. The van der Waals surface area contributed by atoms with Crippen LogP contribution in [0.25, 0.3) is 0 Å². The molecule has 0 aromatic carbocycles. The summed E-state index contributed by atoms with van der Waals surface area (Å²) in [5.41, 5.74) is 0. The molecule has 0 amide bonds. The van der Waals surface area contributed by atoms with Crippen molar-refractivity contribution < 1.29 is 9.13 Å². The SMILES string of the molecule is CCO[C@H]1CC[C@H](C2CCC(CCC/C=C/CCF)CC2)CC1. The molecule has 2 rings (SSSR count). The summed E-state index contributed by atoms with van der Waals surface area (Å²) in [6.07, 6.45) is 20.3. The first-order valence-electron chi connectivity index (χ1n) is 10.2. The van der Waals surface area contributed by atoms with E-state index in [2.05, 4.69) is 13.0 Å². The second-order valence-electron chi connectivity index (χ2n) is 7.65. The van der Waals surface area contributed by atoms with Gasteiger partial charge in [-0.2, -0.15) is 0 Å². The van der Waals surface area contributed by atoms with Crippen LogP contribution in [0.3, 0.4) is 0 Å². The summed E-state index contributed by atoms with van der Waals surface area (Å²) in [6.45, 7) is 2.78. The lowest BCUT2D eigenvalue weighted by Gasteiger charge is -2.37. The van der Waals surface area contributed by atoms with Crippen molar-refractivity contribution in [2.45, 2.75) is 90.1 Å². The van der Waals surface area contributed by atoms with Gasteiger partial charge in [-0.3, -0.25) is 4.39 Å². The molecule has 0 unspecified atom stereocenters. The molecule has 2 heteroatoms. The van der Waals surface area contributed by atoms with Crippen molar-refractivity contribution in [3.05, 3.63) is 12.2 Å². The van der Waals surface area contributed by atoms with Gasteiger partial charge < -0.3 is 4.74 Å². The summed E-state index contributed by atoms with van der Waals surface area (Å²) >= 11 is 0. The summed E-state index contributed by atoms with van der Waals surface area (Å²) in [7, 11) is 0. The number of alkyl halides is 1. The van der Waals surface area contributed by atoms with Gasteiger partial charge in [-0.1, -0.05) is 31.4 Å². The van der Waals surface area contributed by atoms with Gasteiger partial charge in [-0.25, -0.2) is 0 Å². The normalized spacial score (nSPS) is 32.4. The summed E-state index contributed by atoms with van der Waals surface area (Å²) in [5.74, 6) is 2.94. The van der Waals surface area contributed by atoms with Crippen LogP contribution < -0.4 is 0 Å². The van der Waals surface area contributed by atoms with E-state index < -0.39 is 0 Å². The van der Waals surface area contributed by atoms with E-state index >= 15 is 0 Å². The van der Waals surface area contributed by atoms with E-state index in [9.17, 15) is 4.39 Å². The number of hydrogen-bond acceptors (Lipinski definition) is 1. The van der Waals surface area contributed by atoms with Crippen molar-refractivity contribution in [3.8, 4) is 0 Å². The van der Waals surface area contributed by atoms with Crippen molar-refractivity contribution in [2.24, 2.45) is 17.8 Å². The van der Waals surface area contributed by atoms with Gasteiger partial charge in [0, 0.05) is 6.61 Å². The third-order valence-electron chi connectivity index (χ3n) is 6.10. The Kier molecular flexibility index (Phi) is 9.26. The topological polar surface area (TPSA) is 9.23 Å². The fourth-order valence-electron chi connectivity index (χ4n) is 4.73. The van der Waals surface area contributed by atoms with Gasteiger partial charge in [0.25, 0.3) is 0 Å². The summed E-state index contributed by atoms with van der Waals surface area (Å²) in [4.78, 5) is 0. The highest BCUT2D eigenvalue weighted by Crippen LogP contribution is 2.41. The molecule has 23 heavy (non-hydrogen) atoms. The Morgan fingerprint density at radius 3 is 2.09 bits per heavy atom. The average Bonchev–Trinajstić information content (AvgIpc) is 2.60. The fourth-order valence-corrected chi connectivity index (χ4v) is 4.73. The largest absolute Gasteiger partial charge is 0.379 e. The van der Waals surface area contributed by atoms with E-state index in [1.54, 1.807) is 0 Å². The van der Waals surface area contributed by atoms with E-state index in [-0.39, 0.29) is 6.67 Å². The maximum atomic E-state index is 12.0. The fraction of sp³-hybridized carbons (Fsp3) is 0.905. The van der Waals surface area contributed by atoms with Crippen LogP contribution in [0.2, 0.25) is 0 Å². The predicted molar refractivity (Wildman–Crippen MR) is 96.4 cm³/mol. The Bertz CT molecular complexity index is 312. The summed E-state index contributed by atoms with van der Waals surface area (Å²) in [6, 6.07) is 0. The lowest BCUT2D eigenvalue weighted by Crippen LogP contribution is -2.28. The lowest BCUT2D eigenvalue weighted by atomic mass is 9.70. The molecule has 0 N–H and O–H groups in total. The highest BCUT2D eigenvalue weighted by Gasteiger charge is 2.30. The van der Waals surface area contributed by atoms with Crippen molar-refractivity contribution in [1.82, 2.24) is 0 Å². The van der Waals surface area contributed by atoms with Crippen molar-refractivity contribution in [2.75, 3.05) is 13.3 Å². The number of allylic oxidation sites excluding steroid dienone is 2. The van der Waals surface area contributed by atoms with Gasteiger partial charge in [0.2, 0.25) is 0 Å². The van der Waals surface area contributed by atoms with Crippen LogP contribution in [-0.2, 0) is 4.74 Å². The maximum Gasteiger partial charge on any atom is 0.0928 e. The Morgan fingerprint density at radius 2 is 1.48 bits per heavy atom. The van der Waals surface area contributed by atoms with E-state index in [0.717, 1.165) is 30.8 Å². The van der Waals surface area contributed by atoms with Gasteiger partial charge in [-0.05, 0) is 82.5 Å². The third kappa shape index (κ3) is 6.95. The van der Waals surface area contributed by atoms with E-state index in [4.69, 9.17) is 4.74 Å². The minimum Gasteiger partial charge on any atom is -0.379 e. The van der Waals surface area contributed by atoms with E-state index in [0.29, 0.717) is 12.5 Å². The van der Waals surface area contributed by atoms with Crippen molar-refractivity contribution in [3.63, 3.8) is 0 Å². The molecule has 1 nitrogen and oxygen atoms in total. The van der Waals surface area contributed by atoms with E-state index in [1.807, 2.05) is 6.08 Å². The average molecular weight is 325 g/mol. The molecule has 0 heterocycles. The standard InChI is InChI=1S/C21H37FO/c1-2-23-21-15-13-20(14-16-21)19-11-9-18(10-12-19)8-6-4-3-5-7-17-22/h3,5,18-21H,2,4,6-17H2,1H3/b5-3+/t18?,19?,20-,21-. The van der Waals surface area contributed by atoms with Crippen LogP contribution in [0.15, 0.2) is 12.2 Å². The minimum absolute atomic E-state index is 0.215. The molecular formula is C21H37FO. The lowest BCUT2D eigenvalue weighted by molar-refractivity contribution is 0.0134. The molecule has 0 aromatic rings. The summed E-state index contributed by atoms with van der Waals surface area (Å²) in [5, 5.41) is 0. The molecule has 134 valence electrons. The Morgan fingerprint density at radius 1 is 0.870 bits per heavy atom. The zero-order valence-electron chi connectivity index (χ0n) is 15.1. The van der Waals surface area contributed by atoms with Crippen LogP contribution in [-0.4, -0.2) is 19.4 Å². The van der Waals surface area contributed by atoms with Gasteiger partial charge in [-0.15, -0.1) is 0 Å². The first-order chi connectivity index (χ1) is 11.3. The van der Waals surface area contributed by atoms with Gasteiger partial charge in [0.05, 0.1) is 12.8 Å². The zero-order chi connectivity index (χ0) is 16.3. The number of unbranched alkanes of at least 4 members (excludes halogenated alkanes) is 1. The Hall–Kier alpha value is -0.370. The van der Waals surface area contributed by atoms with Crippen LogP contribution in [0.5, 0.6) is 0 Å². The summed E-state index contributed by atoms with van der Waals surface area (Å²) < 4.78 is 17.8. The molecule has 0 saturated heterocycles. The molecule has 2 aliphatic rings. The molecule has 2 fully saturated rings. The Labute approximate surface area is 143 Å². The van der Waals surface area contributed by atoms with Crippen molar-refractivity contribution >= 4 is 0 Å². The molecular weight excluding hydrogens is 287 g/mol. The third-order valence-corrected chi connectivity index (χ3v) is 6.10. The van der Waals surface area contributed by atoms with Crippen LogP contribution in [0, 0.1) is 17.8 Å². The number of rotatable bonds is 9. The first kappa shape index (κ1) is 19.0. The molecule has 0 spiro atoms. The van der Waals surface area contributed by atoms with Gasteiger partial charge in [0.1, 0.15) is 0 Å². The quantitative estimate of drug-likeness (QED) is 0.348. The maximum absolute atomic E-state index is 12.0. The predicted octanol–water partition coefficient (Wildman–Crippen LogP) is 6.47. The highest BCUT2D eigenvalue weighted by atomic mass is 19.1. The second kappa shape index (κ2) is 11.2. The highest BCUT2D eigenvalue weighted by molar-refractivity contribution is 4.84. The first-order valence-corrected chi connectivity index (χ1v) is 10.2.